The Morgan fingerprint density at radius 3 is 2.77 bits per heavy atom. The highest BCUT2D eigenvalue weighted by Gasteiger charge is 2.54. The van der Waals surface area contributed by atoms with E-state index in [1.54, 1.807) is 0 Å². The summed E-state index contributed by atoms with van der Waals surface area (Å²) >= 11 is 1.51. The maximum atomic E-state index is 12.3. The number of sulfonamides is 1. The number of carbonyl (C=O) groups is 2. The van der Waals surface area contributed by atoms with E-state index in [0.29, 0.717) is 31.4 Å². The molecule has 0 aromatic rings. The summed E-state index contributed by atoms with van der Waals surface area (Å²) in [4.78, 5) is 25.4. The highest BCUT2D eigenvalue weighted by molar-refractivity contribution is 8.01. The summed E-state index contributed by atoms with van der Waals surface area (Å²) in [5, 5.41) is 8.97. The molecule has 0 radical (unpaired) electrons. The fourth-order valence-corrected chi connectivity index (χ4v) is 6.10. The van der Waals surface area contributed by atoms with Crippen LogP contribution in [0.15, 0.2) is 0 Å². The van der Waals surface area contributed by atoms with Crippen LogP contribution in [0.1, 0.15) is 32.6 Å². The van der Waals surface area contributed by atoms with Gasteiger partial charge < -0.3 is 4.90 Å². The van der Waals surface area contributed by atoms with E-state index in [1.165, 1.54) is 16.7 Å². The second-order valence-corrected chi connectivity index (χ2v) is 9.61. The van der Waals surface area contributed by atoms with Crippen molar-refractivity contribution in [2.24, 2.45) is 5.41 Å². The van der Waals surface area contributed by atoms with E-state index in [-0.39, 0.29) is 11.7 Å². The number of amides is 2. The molecular formula is C13H17N3O4S2. The smallest absolute Gasteiger partial charge is 0.257 e. The van der Waals surface area contributed by atoms with Gasteiger partial charge in [0, 0.05) is 12.2 Å². The summed E-state index contributed by atoms with van der Waals surface area (Å²) < 4.78 is 26.2. The lowest BCUT2D eigenvalue weighted by Gasteiger charge is -2.29. The van der Waals surface area contributed by atoms with Crippen molar-refractivity contribution in [2.75, 3.05) is 11.5 Å². The van der Waals surface area contributed by atoms with Gasteiger partial charge in [0.05, 0.1) is 22.1 Å². The minimum atomic E-state index is -3.86. The second kappa shape index (κ2) is 4.86. The number of rotatable bonds is 4. The lowest BCUT2D eigenvalue weighted by molar-refractivity contribution is -0.137. The minimum Gasteiger partial charge on any atom is -0.315 e. The third-order valence-electron chi connectivity index (χ3n) is 4.56. The molecule has 7 nitrogen and oxygen atoms in total. The van der Waals surface area contributed by atoms with Gasteiger partial charge in [-0.05, 0) is 26.2 Å². The molecule has 2 amide bonds. The number of nitrogens with zero attached hydrogens (tertiary/aromatic N) is 2. The molecule has 3 fully saturated rings. The molecule has 3 aliphatic rings. The topological polar surface area (TPSA) is 107 Å². The van der Waals surface area contributed by atoms with Crippen molar-refractivity contribution in [3.8, 4) is 6.07 Å². The first-order valence-electron chi connectivity index (χ1n) is 7.12. The molecule has 1 N–H and O–H groups in total. The van der Waals surface area contributed by atoms with Crippen LogP contribution in [-0.2, 0) is 19.6 Å². The summed E-state index contributed by atoms with van der Waals surface area (Å²) in [6.07, 6.45) is 2.14. The van der Waals surface area contributed by atoms with E-state index in [2.05, 4.69) is 4.72 Å². The van der Waals surface area contributed by atoms with Crippen LogP contribution in [0.3, 0.4) is 0 Å². The third-order valence-corrected chi connectivity index (χ3v) is 7.51. The first kappa shape index (κ1) is 15.6. The van der Waals surface area contributed by atoms with E-state index in [9.17, 15) is 18.0 Å². The van der Waals surface area contributed by atoms with E-state index < -0.39 is 32.3 Å². The van der Waals surface area contributed by atoms with Crippen LogP contribution in [0.2, 0.25) is 0 Å². The summed E-state index contributed by atoms with van der Waals surface area (Å²) in [6, 6.07) is 1.25. The van der Waals surface area contributed by atoms with E-state index in [4.69, 9.17) is 5.26 Å². The number of hydrogen-bond acceptors (Lipinski definition) is 6. The van der Waals surface area contributed by atoms with E-state index in [0.717, 1.165) is 0 Å². The molecule has 2 heterocycles. The van der Waals surface area contributed by atoms with Crippen molar-refractivity contribution >= 4 is 33.6 Å². The Labute approximate surface area is 133 Å². The highest BCUT2D eigenvalue weighted by Crippen LogP contribution is 2.48. The van der Waals surface area contributed by atoms with Crippen LogP contribution in [0.4, 0.5) is 0 Å². The summed E-state index contributed by atoms with van der Waals surface area (Å²) in [7, 11) is -3.86. The van der Waals surface area contributed by atoms with E-state index in [1.807, 2.05) is 13.0 Å². The van der Waals surface area contributed by atoms with Gasteiger partial charge in [-0.3, -0.25) is 14.3 Å². The molecule has 0 unspecified atom stereocenters. The lowest BCUT2D eigenvalue weighted by Crippen LogP contribution is -2.51. The van der Waals surface area contributed by atoms with Gasteiger partial charge in [-0.1, -0.05) is 0 Å². The lowest BCUT2D eigenvalue weighted by atomic mass is 10.2. The maximum absolute atomic E-state index is 12.3. The van der Waals surface area contributed by atoms with Crippen molar-refractivity contribution in [2.45, 2.75) is 43.5 Å². The van der Waals surface area contributed by atoms with Crippen molar-refractivity contribution < 1.29 is 18.0 Å². The summed E-state index contributed by atoms with van der Waals surface area (Å²) in [5.41, 5.74) is -0.839. The van der Waals surface area contributed by atoms with Crippen LogP contribution in [0.5, 0.6) is 0 Å². The van der Waals surface area contributed by atoms with Crippen molar-refractivity contribution in [3.63, 3.8) is 0 Å². The van der Waals surface area contributed by atoms with Gasteiger partial charge in [-0.25, -0.2) is 8.42 Å². The van der Waals surface area contributed by atoms with Crippen molar-refractivity contribution in [1.29, 1.82) is 5.26 Å². The predicted octanol–water partition coefficient (Wildman–Crippen LogP) is 0.190. The molecule has 0 spiro atoms. The van der Waals surface area contributed by atoms with Gasteiger partial charge in [-0.15, -0.1) is 11.8 Å². The number of carbonyl (C=O) groups excluding carboxylic acids is 2. The molecule has 0 bridgehead atoms. The molecule has 2 saturated heterocycles. The number of fused-ring (bicyclic) bond motifs is 1. The molecule has 0 aromatic carbocycles. The first-order chi connectivity index (χ1) is 10.2. The number of nitrogens with one attached hydrogen (secondary N) is 1. The second-order valence-electron chi connectivity index (χ2n) is 6.38. The Hall–Kier alpha value is -1.27. The van der Waals surface area contributed by atoms with E-state index >= 15 is 0 Å². The Balaban J connectivity index is 1.70. The SMILES string of the molecule is C[C@@]12CCC(=O)N1[C@H](C(=O)NS(=O)(=O)CC1(C#N)CC1)CS2. The van der Waals surface area contributed by atoms with Crippen molar-refractivity contribution in [3.05, 3.63) is 0 Å². The van der Waals surface area contributed by atoms with Gasteiger partial charge in [-0.2, -0.15) is 5.26 Å². The standard InChI is InChI=1S/C13H17N3O4S2/c1-12-3-2-10(17)16(12)9(6-21-12)11(18)15-22(19,20)8-13(7-14)4-5-13/h9H,2-6,8H2,1H3,(H,15,18)/t9-,12+/m0/s1. The largest absolute Gasteiger partial charge is 0.315 e. The molecule has 1 saturated carbocycles. The zero-order valence-electron chi connectivity index (χ0n) is 12.2. The fraction of sp³-hybridized carbons (Fsp3) is 0.769. The van der Waals surface area contributed by atoms with Gasteiger partial charge >= 0.3 is 0 Å². The predicted molar refractivity (Wildman–Crippen MR) is 79.9 cm³/mol. The molecular weight excluding hydrogens is 326 g/mol. The summed E-state index contributed by atoms with van der Waals surface area (Å²) in [6.45, 7) is 1.90. The average molecular weight is 343 g/mol. The minimum absolute atomic E-state index is 0.110. The van der Waals surface area contributed by atoms with Crippen LogP contribution >= 0.6 is 11.8 Å². The number of thioether (sulfide) groups is 1. The molecule has 120 valence electrons. The molecule has 1 aliphatic carbocycles. The molecule has 3 rings (SSSR count). The number of hydrogen-bond donors (Lipinski definition) is 1. The first-order valence-corrected chi connectivity index (χ1v) is 9.76. The quantitative estimate of drug-likeness (QED) is 0.781. The Bertz CT molecular complexity index is 680. The van der Waals surface area contributed by atoms with Gasteiger partial charge in [0.15, 0.2) is 0 Å². The third kappa shape index (κ3) is 2.58. The Kier molecular flexibility index (Phi) is 3.45. The van der Waals surface area contributed by atoms with Gasteiger partial charge in [0.25, 0.3) is 5.91 Å². The Morgan fingerprint density at radius 2 is 2.18 bits per heavy atom. The van der Waals surface area contributed by atoms with Crippen LogP contribution < -0.4 is 4.72 Å². The Morgan fingerprint density at radius 1 is 1.50 bits per heavy atom. The monoisotopic (exact) mass is 343 g/mol. The van der Waals surface area contributed by atoms with Crippen LogP contribution in [0.25, 0.3) is 0 Å². The molecule has 9 heteroatoms. The average Bonchev–Trinajstić information content (AvgIpc) is 3.00. The van der Waals surface area contributed by atoms with Crippen molar-refractivity contribution in [1.82, 2.24) is 9.62 Å². The number of nitriles is 1. The molecule has 2 atom stereocenters. The zero-order chi connectivity index (χ0) is 16.2. The van der Waals surface area contributed by atoms with Gasteiger partial charge in [0.1, 0.15) is 6.04 Å². The van der Waals surface area contributed by atoms with Crippen LogP contribution in [0, 0.1) is 16.7 Å². The molecule has 0 aromatic heterocycles. The maximum Gasteiger partial charge on any atom is 0.257 e. The normalized spacial score (nSPS) is 32.5. The molecule has 2 aliphatic heterocycles. The highest BCUT2D eigenvalue weighted by atomic mass is 32.2. The van der Waals surface area contributed by atoms with Gasteiger partial charge in [0.2, 0.25) is 15.9 Å². The molecule has 22 heavy (non-hydrogen) atoms. The zero-order valence-corrected chi connectivity index (χ0v) is 13.8. The fourth-order valence-electron chi connectivity index (χ4n) is 3.08. The summed E-state index contributed by atoms with van der Waals surface area (Å²) in [5.74, 6) is -0.735. The van der Waals surface area contributed by atoms with Crippen LogP contribution in [-0.4, -0.2) is 47.6 Å².